The fourth-order valence-electron chi connectivity index (χ4n) is 2.72. The molecule has 0 aliphatic carbocycles. The highest BCUT2D eigenvalue weighted by molar-refractivity contribution is 9.10. The van der Waals surface area contributed by atoms with Crippen LogP contribution in [0, 0.1) is 0 Å². The smallest absolute Gasteiger partial charge is 0.173 e. The van der Waals surface area contributed by atoms with Crippen molar-refractivity contribution in [2.45, 2.75) is 84.1 Å². The van der Waals surface area contributed by atoms with Crippen molar-refractivity contribution in [1.29, 1.82) is 0 Å². The van der Waals surface area contributed by atoms with E-state index in [0.29, 0.717) is 6.04 Å². The minimum absolute atomic E-state index is 0.429. The molecule has 0 bridgehead atoms. The summed E-state index contributed by atoms with van der Waals surface area (Å²) in [6, 6.07) is 2.51. The Morgan fingerprint density at radius 3 is 2.24 bits per heavy atom. The molecule has 0 saturated carbocycles. The molecule has 2 nitrogen and oxygen atoms in total. The van der Waals surface area contributed by atoms with Gasteiger partial charge in [-0.1, -0.05) is 65.2 Å². The monoisotopic (exact) mass is 357 g/mol. The van der Waals surface area contributed by atoms with Crippen molar-refractivity contribution in [3.63, 3.8) is 0 Å². The minimum atomic E-state index is 0.429. The summed E-state index contributed by atoms with van der Waals surface area (Å²) in [5.41, 5.74) is 1.27. The third-order valence-electron chi connectivity index (χ3n) is 4.01. The van der Waals surface area contributed by atoms with Crippen LogP contribution in [0.15, 0.2) is 21.4 Å². The van der Waals surface area contributed by atoms with Crippen LogP contribution in [0.4, 0.5) is 0 Å². The first-order valence-electron chi connectivity index (χ1n) is 8.75. The van der Waals surface area contributed by atoms with Crippen LogP contribution in [0.3, 0.4) is 0 Å². The van der Waals surface area contributed by atoms with Crippen LogP contribution in [0.1, 0.15) is 89.7 Å². The summed E-state index contributed by atoms with van der Waals surface area (Å²) in [7, 11) is 0. The predicted octanol–water partition coefficient (Wildman–Crippen LogP) is 6.61. The SMILES string of the molecule is CCCCCCCCCCC(NCCC)c1ccoc1Br. The summed E-state index contributed by atoms with van der Waals surface area (Å²) < 4.78 is 6.27. The molecule has 1 aromatic rings. The van der Waals surface area contributed by atoms with Crippen molar-refractivity contribution >= 4 is 15.9 Å². The largest absolute Gasteiger partial charge is 0.457 e. The topological polar surface area (TPSA) is 25.2 Å². The van der Waals surface area contributed by atoms with Crippen LogP contribution in [0.5, 0.6) is 0 Å². The van der Waals surface area contributed by atoms with Crippen molar-refractivity contribution in [2.75, 3.05) is 6.54 Å². The van der Waals surface area contributed by atoms with Crippen LogP contribution in [0.2, 0.25) is 0 Å². The Bertz CT molecular complexity index is 351. The molecule has 0 spiro atoms. The molecule has 3 heteroatoms. The van der Waals surface area contributed by atoms with E-state index in [-0.39, 0.29) is 0 Å². The Morgan fingerprint density at radius 1 is 1.00 bits per heavy atom. The molecule has 21 heavy (non-hydrogen) atoms. The van der Waals surface area contributed by atoms with Gasteiger partial charge in [-0.05, 0) is 41.4 Å². The van der Waals surface area contributed by atoms with E-state index >= 15 is 0 Å². The Morgan fingerprint density at radius 2 is 1.67 bits per heavy atom. The summed E-state index contributed by atoms with van der Waals surface area (Å²) in [6.07, 6.45) is 15.2. The first-order chi connectivity index (χ1) is 10.3. The molecular formula is C18H32BrNO. The first kappa shape index (κ1) is 18.8. The zero-order chi connectivity index (χ0) is 15.3. The fraction of sp³-hybridized carbons (Fsp3) is 0.778. The second kappa shape index (κ2) is 12.3. The number of halogens is 1. The lowest BCUT2D eigenvalue weighted by Gasteiger charge is -2.17. The average Bonchev–Trinajstić information content (AvgIpc) is 2.91. The van der Waals surface area contributed by atoms with E-state index in [2.05, 4.69) is 41.2 Å². The maximum Gasteiger partial charge on any atom is 0.173 e. The molecule has 0 aromatic carbocycles. The van der Waals surface area contributed by atoms with Gasteiger partial charge in [-0.25, -0.2) is 0 Å². The van der Waals surface area contributed by atoms with E-state index in [4.69, 9.17) is 4.42 Å². The second-order valence-electron chi connectivity index (χ2n) is 5.92. The zero-order valence-corrected chi connectivity index (χ0v) is 15.4. The minimum Gasteiger partial charge on any atom is -0.457 e. The second-order valence-corrected chi connectivity index (χ2v) is 6.64. The molecule has 1 unspecified atom stereocenters. The van der Waals surface area contributed by atoms with Gasteiger partial charge in [0, 0.05) is 11.6 Å². The number of unbranched alkanes of at least 4 members (excludes halogenated alkanes) is 7. The molecule has 1 aromatic heterocycles. The molecule has 0 saturated heterocycles. The normalized spacial score (nSPS) is 12.7. The molecule has 0 radical (unpaired) electrons. The van der Waals surface area contributed by atoms with Gasteiger partial charge in [0.15, 0.2) is 4.67 Å². The predicted molar refractivity (Wildman–Crippen MR) is 94.7 cm³/mol. The molecule has 1 rings (SSSR count). The van der Waals surface area contributed by atoms with Gasteiger partial charge in [-0.3, -0.25) is 0 Å². The number of hydrogen-bond donors (Lipinski definition) is 1. The van der Waals surface area contributed by atoms with Crippen LogP contribution < -0.4 is 5.32 Å². The third-order valence-corrected chi connectivity index (χ3v) is 4.65. The van der Waals surface area contributed by atoms with Gasteiger partial charge >= 0.3 is 0 Å². The van der Waals surface area contributed by atoms with E-state index in [9.17, 15) is 0 Å². The number of nitrogens with one attached hydrogen (secondary N) is 1. The van der Waals surface area contributed by atoms with E-state index < -0.39 is 0 Å². The number of rotatable bonds is 13. The molecule has 0 fully saturated rings. The molecule has 1 heterocycles. The van der Waals surface area contributed by atoms with E-state index in [1.54, 1.807) is 6.26 Å². The highest BCUT2D eigenvalue weighted by Crippen LogP contribution is 2.28. The van der Waals surface area contributed by atoms with Crippen LogP contribution in [0.25, 0.3) is 0 Å². The maximum absolute atomic E-state index is 5.38. The van der Waals surface area contributed by atoms with Crippen LogP contribution >= 0.6 is 15.9 Å². The van der Waals surface area contributed by atoms with E-state index in [0.717, 1.165) is 11.2 Å². The lowest BCUT2D eigenvalue weighted by molar-refractivity contribution is 0.453. The summed E-state index contributed by atoms with van der Waals surface area (Å²) in [4.78, 5) is 0. The van der Waals surface area contributed by atoms with Crippen LogP contribution in [-0.2, 0) is 0 Å². The van der Waals surface area contributed by atoms with Crippen molar-refractivity contribution in [1.82, 2.24) is 5.32 Å². The van der Waals surface area contributed by atoms with E-state index in [1.165, 1.54) is 69.8 Å². The summed E-state index contributed by atoms with van der Waals surface area (Å²) >= 11 is 3.51. The Kier molecular flexibility index (Phi) is 11.0. The molecule has 0 amide bonds. The lowest BCUT2D eigenvalue weighted by Crippen LogP contribution is -2.22. The Labute approximate surface area is 139 Å². The molecule has 0 aliphatic rings. The van der Waals surface area contributed by atoms with Crippen molar-refractivity contribution in [3.05, 3.63) is 22.6 Å². The highest BCUT2D eigenvalue weighted by atomic mass is 79.9. The summed E-state index contributed by atoms with van der Waals surface area (Å²) in [5, 5.41) is 3.64. The molecule has 122 valence electrons. The van der Waals surface area contributed by atoms with Gasteiger partial charge in [0.2, 0.25) is 0 Å². The quantitative estimate of drug-likeness (QED) is 0.401. The fourth-order valence-corrected chi connectivity index (χ4v) is 3.24. The number of hydrogen-bond acceptors (Lipinski definition) is 2. The van der Waals surface area contributed by atoms with Crippen LogP contribution in [-0.4, -0.2) is 6.54 Å². The summed E-state index contributed by atoms with van der Waals surface area (Å²) in [5.74, 6) is 0. The van der Waals surface area contributed by atoms with Gasteiger partial charge in [-0.15, -0.1) is 0 Å². The van der Waals surface area contributed by atoms with Gasteiger partial charge in [0.05, 0.1) is 6.26 Å². The number of furan rings is 1. The van der Waals surface area contributed by atoms with Crippen molar-refractivity contribution in [3.8, 4) is 0 Å². The third kappa shape index (κ3) is 8.06. The molecule has 1 N–H and O–H groups in total. The molecule has 0 aliphatic heterocycles. The van der Waals surface area contributed by atoms with Crippen molar-refractivity contribution in [2.24, 2.45) is 0 Å². The highest BCUT2D eigenvalue weighted by Gasteiger charge is 2.15. The first-order valence-corrected chi connectivity index (χ1v) is 9.55. The Hall–Kier alpha value is -0.280. The van der Waals surface area contributed by atoms with Crippen molar-refractivity contribution < 1.29 is 4.42 Å². The summed E-state index contributed by atoms with van der Waals surface area (Å²) in [6.45, 7) is 5.56. The average molecular weight is 358 g/mol. The molecule has 1 atom stereocenters. The lowest BCUT2D eigenvalue weighted by atomic mass is 10.0. The molecular weight excluding hydrogens is 326 g/mol. The van der Waals surface area contributed by atoms with Gasteiger partial charge in [-0.2, -0.15) is 0 Å². The zero-order valence-electron chi connectivity index (χ0n) is 13.8. The van der Waals surface area contributed by atoms with Gasteiger partial charge in [0.1, 0.15) is 0 Å². The van der Waals surface area contributed by atoms with E-state index in [1.807, 2.05) is 0 Å². The maximum atomic E-state index is 5.38. The van der Waals surface area contributed by atoms with Gasteiger partial charge < -0.3 is 9.73 Å². The Balaban J connectivity index is 2.20. The van der Waals surface area contributed by atoms with Gasteiger partial charge in [0.25, 0.3) is 0 Å². The standard InChI is InChI=1S/C18H32BrNO/c1-3-5-6-7-8-9-10-11-12-17(20-14-4-2)16-13-15-21-18(16)19/h13,15,17,20H,3-12,14H2,1-2H3.